The third-order valence-corrected chi connectivity index (χ3v) is 7.43. The van der Waals surface area contributed by atoms with Gasteiger partial charge in [0.05, 0.1) is 6.17 Å². The number of fused-ring (bicyclic) bond motifs is 3. The Labute approximate surface area is 172 Å². The van der Waals surface area contributed by atoms with Gasteiger partial charge in [0.2, 0.25) is 0 Å². The third kappa shape index (κ3) is 3.54. The van der Waals surface area contributed by atoms with E-state index in [1.165, 1.54) is 5.56 Å². The Balaban J connectivity index is 1.37. The SMILES string of the molecule is CC1CC(C)NC(N2NC3NCC4C(=O)CC(c5ccccc5)CC4C3C2O)N1. The van der Waals surface area contributed by atoms with Crippen LogP contribution in [0.4, 0.5) is 0 Å². The molecule has 1 saturated carbocycles. The minimum atomic E-state index is -0.648. The molecule has 5 rings (SSSR count). The number of carbonyl (C=O) groups is 1. The Kier molecular flexibility index (Phi) is 5.22. The largest absolute Gasteiger partial charge is 0.377 e. The zero-order chi connectivity index (χ0) is 20.1. The van der Waals surface area contributed by atoms with Crippen LogP contribution in [0.1, 0.15) is 44.6 Å². The number of ketones is 1. The van der Waals surface area contributed by atoms with E-state index >= 15 is 0 Å². The van der Waals surface area contributed by atoms with E-state index in [0.29, 0.717) is 30.8 Å². The lowest BCUT2D eigenvalue weighted by molar-refractivity contribution is -0.133. The van der Waals surface area contributed by atoms with Crippen LogP contribution in [0.15, 0.2) is 30.3 Å². The standard InChI is InChI=1S/C22H33N5O2/c1-12-8-13(2)25-22(24-12)27-21(29)19-16-9-15(14-6-4-3-5-7-14)10-18(28)17(16)11-23-20(19)26-27/h3-7,12-13,15-17,19-26,29H,8-11H2,1-2H3. The fourth-order valence-electron chi connectivity index (χ4n) is 6.10. The van der Waals surface area contributed by atoms with Crippen molar-refractivity contribution in [2.24, 2.45) is 17.8 Å². The van der Waals surface area contributed by atoms with Gasteiger partial charge in [-0.2, -0.15) is 5.01 Å². The highest BCUT2D eigenvalue weighted by Crippen LogP contribution is 2.46. The van der Waals surface area contributed by atoms with Crippen LogP contribution in [-0.2, 0) is 4.79 Å². The molecule has 0 aromatic heterocycles. The fraction of sp³-hybridized carbons (Fsp3) is 0.682. The predicted octanol–water partition coefficient (Wildman–Crippen LogP) is 0.693. The van der Waals surface area contributed by atoms with Gasteiger partial charge >= 0.3 is 0 Å². The van der Waals surface area contributed by atoms with E-state index < -0.39 is 6.23 Å². The van der Waals surface area contributed by atoms with Crippen LogP contribution in [0.2, 0.25) is 0 Å². The molecule has 29 heavy (non-hydrogen) atoms. The first kappa shape index (κ1) is 19.6. The number of hydrogen-bond acceptors (Lipinski definition) is 7. The molecular formula is C22H33N5O2. The lowest BCUT2D eigenvalue weighted by Gasteiger charge is -2.45. The second-order valence-electron chi connectivity index (χ2n) is 9.47. The molecule has 8 unspecified atom stereocenters. The van der Waals surface area contributed by atoms with Crippen LogP contribution in [0, 0.1) is 17.8 Å². The molecule has 3 aliphatic heterocycles. The lowest BCUT2D eigenvalue weighted by atomic mass is 9.64. The Bertz CT molecular complexity index is 736. The minimum absolute atomic E-state index is 0.00210. The highest BCUT2D eigenvalue weighted by Gasteiger charge is 2.55. The van der Waals surface area contributed by atoms with Crippen molar-refractivity contribution in [1.29, 1.82) is 0 Å². The van der Waals surface area contributed by atoms with Gasteiger partial charge in [-0.05, 0) is 44.1 Å². The second kappa shape index (κ2) is 7.72. The number of benzene rings is 1. The summed E-state index contributed by atoms with van der Waals surface area (Å²) in [6, 6.07) is 11.1. The number of rotatable bonds is 2. The maximum Gasteiger partial charge on any atom is 0.138 e. The maximum atomic E-state index is 13.0. The van der Waals surface area contributed by atoms with E-state index in [4.69, 9.17) is 0 Å². The lowest BCUT2D eigenvalue weighted by Crippen LogP contribution is -2.67. The highest BCUT2D eigenvalue weighted by molar-refractivity contribution is 5.83. The minimum Gasteiger partial charge on any atom is -0.377 e. The van der Waals surface area contributed by atoms with Crippen LogP contribution in [0.25, 0.3) is 0 Å². The van der Waals surface area contributed by atoms with Crippen LogP contribution >= 0.6 is 0 Å². The second-order valence-corrected chi connectivity index (χ2v) is 9.47. The number of aliphatic hydroxyl groups excluding tert-OH is 1. The van der Waals surface area contributed by atoms with E-state index in [1.54, 1.807) is 0 Å². The van der Waals surface area contributed by atoms with Gasteiger partial charge in [-0.15, -0.1) is 0 Å². The van der Waals surface area contributed by atoms with Crippen molar-refractivity contribution < 1.29 is 9.90 Å². The molecule has 1 aromatic carbocycles. The van der Waals surface area contributed by atoms with Gasteiger partial charge in [-0.25, -0.2) is 5.43 Å². The van der Waals surface area contributed by atoms with Crippen molar-refractivity contribution in [1.82, 2.24) is 26.4 Å². The number of Topliss-reactive ketones (excluding diaryl/α,β-unsaturated/α-hetero) is 1. The Morgan fingerprint density at radius 3 is 2.52 bits per heavy atom. The van der Waals surface area contributed by atoms with Crippen molar-refractivity contribution >= 4 is 5.78 Å². The Morgan fingerprint density at radius 2 is 1.79 bits per heavy atom. The normalized spacial score (nSPS) is 45.6. The summed E-state index contributed by atoms with van der Waals surface area (Å²) in [5, 5.41) is 23.8. The summed E-state index contributed by atoms with van der Waals surface area (Å²) in [6.07, 6.45) is 1.84. The first-order valence-electron chi connectivity index (χ1n) is 11.1. The molecule has 7 nitrogen and oxygen atoms in total. The number of nitrogens with zero attached hydrogens (tertiary/aromatic N) is 1. The Hall–Kier alpha value is -1.35. The average Bonchev–Trinajstić information content (AvgIpc) is 3.05. The number of piperidine rings is 1. The summed E-state index contributed by atoms with van der Waals surface area (Å²) in [5.74, 6) is 0.746. The number of nitrogens with one attached hydrogen (secondary N) is 4. The quantitative estimate of drug-likeness (QED) is 0.500. The van der Waals surface area contributed by atoms with E-state index in [-0.39, 0.29) is 36.1 Å². The molecule has 0 amide bonds. The first-order valence-corrected chi connectivity index (χ1v) is 11.1. The molecule has 1 aromatic rings. The summed E-state index contributed by atoms with van der Waals surface area (Å²) >= 11 is 0. The molecule has 158 valence electrons. The molecule has 7 heteroatoms. The number of hydrogen-bond donors (Lipinski definition) is 5. The van der Waals surface area contributed by atoms with Crippen LogP contribution in [0.5, 0.6) is 0 Å². The molecule has 3 heterocycles. The topological polar surface area (TPSA) is 88.7 Å². The van der Waals surface area contributed by atoms with Gasteiger partial charge in [0.1, 0.15) is 18.3 Å². The summed E-state index contributed by atoms with van der Waals surface area (Å²) in [6.45, 7) is 5.05. The van der Waals surface area contributed by atoms with Crippen LogP contribution < -0.4 is 21.4 Å². The Morgan fingerprint density at radius 1 is 1.07 bits per heavy atom. The molecule has 0 bridgehead atoms. The molecule has 0 spiro atoms. The molecule has 5 N–H and O–H groups in total. The fourth-order valence-corrected chi connectivity index (χ4v) is 6.10. The van der Waals surface area contributed by atoms with Crippen molar-refractivity contribution in [3.05, 3.63) is 35.9 Å². The van der Waals surface area contributed by atoms with Gasteiger partial charge in [0.25, 0.3) is 0 Å². The van der Waals surface area contributed by atoms with E-state index in [1.807, 2.05) is 23.2 Å². The summed E-state index contributed by atoms with van der Waals surface area (Å²) < 4.78 is 0. The zero-order valence-corrected chi connectivity index (χ0v) is 17.2. The molecule has 3 saturated heterocycles. The van der Waals surface area contributed by atoms with Crippen molar-refractivity contribution in [2.45, 2.75) is 69.8 Å². The highest BCUT2D eigenvalue weighted by atomic mass is 16.3. The summed E-state index contributed by atoms with van der Waals surface area (Å²) in [7, 11) is 0. The zero-order valence-electron chi connectivity index (χ0n) is 17.2. The first-order chi connectivity index (χ1) is 14.0. The van der Waals surface area contributed by atoms with E-state index in [0.717, 1.165) is 12.8 Å². The molecule has 0 radical (unpaired) electrons. The van der Waals surface area contributed by atoms with Gasteiger partial charge in [-0.3, -0.25) is 20.7 Å². The number of carbonyl (C=O) groups excluding carboxylic acids is 1. The molecule has 1 aliphatic carbocycles. The monoisotopic (exact) mass is 399 g/mol. The van der Waals surface area contributed by atoms with Gasteiger partial charge < -0.3 is 5.11 Å². The van der Waals surface area contributed by atoms with E-state index in [2.05, 4.69) is 47.4 Å². The number of aliphatic hydroxyl groups is 1. The average molecular weight is 400 g/mol. The molecule has 8 atom stereocenters. The number of hydrazine groups is 1. The third-order valence-electron chi connectivity index (χ3n) is 7.43. The van der Waals surface area contributed by atoms with Crippen molar-refractivity contribution in [3.63, 3.8) is 0 Å². The maximum absolute atomic E-state index is 13.0. The van der Waals surface area contributed by atoms with Gasteiger partial charge in [-0.1, -0.05) is 30.3 Å². The molecule has 4 aliphatic rings. The van der Waals surface area contributed by atoms with E-state index in [9.17, 15) is 9.90 Å². The predicted molar refractivity (Wildman–Crippen MR) is 110 cm³/mol. The summed E-state index contributed by atoms with van der Waals surface area (Å²) in [4.78, 5) is 13.0. The summed E-state index contributed by atoms with van der Waals surface area (Å²) in [5.41, 5.74) is 4.73. The van der Waals surface area contributed by atoms with Crippen LogP contribution in [-0.4, -0.2) is 53.2 Å². The molecular weight excluding hydrogens is 366 g/mol. The van der Waals surface area contributed by atoms with Crippen molar-refractivity contribution in [2.75, 3.05) is 6.54 Å². The smallest absolute Gasteiger partial charge is 0.138 e. The van der Waals surface area contributed by atoms with Crippen molar-refractivity contribution in [3.8, 4) is 0 Å². The molecule has 4 fully saturated rings. The van der Waals surface area contributed by atoms with Gasteiger partial charge in [0, 0.05) is 36.9 Å². The van der Waals surface area contributed by atoms with Crippen LogP contribution in [0.3, 0.4) is 0 Å². The van der Waals surface area contributed by atoms with Gasteiger partial charge in [0.15, 0.2) is 0 Å².